The number of morpholine rings is 2. The second-order valence-electron chi connectivity index (χ2n) is 17.0. The Hall–Kier alpha value is -7.98. The highest BCUT2D eigenvalue weighted by molar-refractivity contribution is 6.04. The molecule has 2 aliphatic rings. The Bertz CT molecular complexity index is 3000. The number of aromatic carboxylic acids is 4. The third kappa shape index (κ3) is 11.9. The SMILES string of the molecule is Cc1c(C(=O)O)cccc1C(=O)O.Cc1c(Cn2cnc3c(C(=O)O)cc(N4CCOCC4)cc32)cccc1C(F)(F)F.Cc1c(Cn2cnc3c(C(=O)O)cc(N4CCOCC4)cc32)cccc1C(F)(F)F. The molecule has 2 aliphatic heterocycles. The van der Waals surface area contributed by atoms with Crippen molar-refractivity contribution in [1.82, 2.24) is 19.1 Å². The summed E-state index contributed by atoms with van der Waals surface area (Å²) in [4.78, 5) is 57.4. The average molecular weight is 1020 g/mol. The second-order valence-corrected chi connectivity index (χ2v) is 17.0. The lowest BCUT2D eigenvalue weighted by Crippen LogP contribution is -2.36. The maximum absolute atomic E-state index is 13.3. The lowest BCUT2D eigenvalue weighted by Gasteiger charge is -2.29. The zero-order valence-electron chi connectivity index (χ0n) is 39.4. The molecule has 0 atom stereocenters. The van der Waals surface area contributed by atoms with E-state index in [-0.39, 0.29) is 52.0 Å². The predicted octanol–water partition coefficient (Wildman–Crippen LogP) is 9.28. The zero-order valence-corrected chi connectivity index (χ0v) is 39.4. The highest BCUT2D eigenvalue weighted by Gasteiger charge is 2.34. The van der Waals surface area contributed by atoms with Crippen LogP contribution >= 0.6 is 0 Å². The van der Waals surface area contributed by atoms with Crippen LogP contribution in [-0.2, 0) is 34.9 Å². The molecule has 7 aromatic rings. The third-order valence-electron chi connectivity index (χ3n) is 12.6. The van der Waals surface area contributed by atoms with Gasteiger partial charge < -0.3 is 48.8 Å². The van der Waals surface area contributed by atoms with Crippen molar-refractivity contribution in [2.45, 2.75) is 46.2 Å². The summed E-state index contributed by atoms with van der Waals surface area (Å²) in [6.07, 6.45) is -5.92. The summed E-state index contributed by atoms with van der Waals surface area (Å²) in [5.74, 6) is -4.42. The molecule has 384 valence electrons. The average Bonchev–Trinajstić information content (AvgIpc) is 3.95. The van der Waals surface area contributed by atoms with Crippen LogP contribution in [0.25, 0.3) is 22.1 Å². The lowest BCUT2D eigenvalue weighted by molar-refractivity contribution is -0.138. The molecule has 4 N–H and O–H groups in total. The van der Waals surface area contributed by atoms with E-state index in [1.165, 1.54) is 63.8 Å². The summed E-state index contributed by atoms with van der Waals surface area (Å²) < 4.78 is 93.7. The molecule has 0 amide bonds. The number of carboxylic acid groups (broad SMARTS) is 4. The second kappa shape index (κ2) is 21.8. The molecule has 2 aromatic heterocycles. The first-order chi connectivity index (χ1) is 34.5. The fourth-order valence-corrected chi connectivity index (χ4v) is 8.67. The number of carboxylic acids is 4. The molecule has 22 heteroatoms. The maximum Gasteiger partial charge on any atom is 0.416 e. The van der Waals surface area contributed by atoms with Crippen molar-refractivity contribution in [2.75, 3.05) is 62.4 Å². The van der Waals surface area contributed by atoms with Crippen LogP contribution in [0, 0.1) is 20.8 Å². The van der Waals surface area contributed by atoms with Gasteiger partial charge in [0.2, 0.25) is 0 Å². The van der Waals surface area contributed by atoms with E-state index < -0.39 is 47.4 Å². The smallest absolute Gasteiger partial charge is 0.416 e. The van der Waals surface area contributed by atoms with Crippen molar-refractivity contribution < 1.29 is 75.4 Å². The Kier molecular flexibility index (Phi) is 15.8. The largest absolute Gasteiger partial charge is 0.478 e. The van der Waals surface area contributed by atoms with Gasteiger partial charge in [0.05, 0.1) is 83.5 Å². The highest BCUT2D eigenvalue weighted by atomic mass is 19.4. The van der Waals surface area contributed by atoms with Gasteiger partial charge in [-0.25, -0.2) is 29.1 Å². The van der Waals surface area contributed by atoms with Crippen LogP contribution < -0.4 is 9.80 Å². The number of ether oxygens (including phenoxy) is 2. The van der Waals surface area contributed by atoms with Crippen LogP contribution in [0.5, 0.6) is 0 Å². The minimum Gasteiger partial charge on any atom is -0.478 e. The monoisotopic (exact) mass is 1020 g/mol. The van der Waals surface area contributed by atoms with E-state index in [9.17, 15) is 55.7 Å². The number of halogens is 6. The molecular formula is C51H48F6N6O10. The fraction of sp³-hybridized carbons (Fsp3) is 0.294. The fourth-order valence-electron chi connectivity index (χ4n) is 8.67. The highest BCUT2D eigenvalue weighted by Crippen LogP contribution is 2.36. The number of benzene rings is 5. The van der Waals surface area contributed by atoms with Gasteiger partial charge in [0.15, 0.2) is 0 Å². The Morgan fingerprint density at radius 2 is 0.849 bits per heavy atom. The summed E-state index contributed by atoms with van der Waals surface area (Å²) in [5.41, 5.74) is 3.60. The molecule has 0 unspecified atom stereocenters. The van der Waals surface area contributed by atoms with Gasteiger partial charge in [0, 0.05) is 50.6 Å². The van der Waals surface area contributed by atoms with Crippen LogP contribution in [0.4, 0.5) is 37.7 Å². The van der Waals surface area contributed by atoms with Crippen molar-refractivity contribution in [3.63, 3.8) is 0 Å². The van der Waals surface area contributed by atoms with E-state index in [1.54, 1.807) is 33.4 Å². The van der Waals surface area contributed by atoms with Crippen LogP contribution in [0.3, 0.4) is 0 Å². The van der Waals surface area contributed by atoms with E-state index in [2.05, 4.69) is 9.97 Å². The number of imidazole rings is 2. The zero-order chi connectivity index (χ0) is 52.9. The summed E-state index contributed by atoms with van der Waals surface area (Å²) in [7, 11) is 0. The van der Waals surface area contributed by atoms with Gasteiger partial charge in [-0.2, -0.15) is 26.3 Å². The minimum absolute atomic E-state index is 0.0277. The Labute approximate surface area is 412 Å². The molecule has 73 heavy (non-hydrogen) atoms. The van der Waals surface area contributed by atoms with Crippen molar-refractivity contribution >= 4 is 57.3 Å². The Morgan fingerprint density at radius 3 is 1.18 bits per heavy atom. The Balaban J connectivity index is 0.000000173. The molecule has 0 saturated carbocycles. The van der Waals surface area contributed by atoms with Gasteiger partial charge in [0.1, 0.15) is 11.0 Å². The third-order valence-corrected chi connectivity index (χ3v) is 12.6. The first-order valence-electron chi connectivity index (χ1n) is 22.5. The summed E-state index contributed by atoms with van der Waals surface area (Å²) in [6, 6.07) is 19.2. The van der Waals surface area contributed by atoms with E-state index in [0.717, 1.165) is 23.5 Å². The van der Waals surface area contributed by atoms with Crippen LogP contribution in [0.1, 0.15) is 80.4 Å². The maximum atomic E-state index is 13.3. The van der Waals surface area contributed by atoms with E-state index in [4.69, 9.17) is 19.7 Å². The standard InChI is InChI=1S/2C21H20F3N3O3.C9H8O4/c2*1-13-14(3-2-4-17(13)21(22,23)24)11-27-12-25-19-16(20(28)29)9-15(10-18(19)27)26-5-7-30-8-6-26;1-5-6(8(10)11)3-2-4-7(5)9(12)13/h2*2-4,9-10,12H,5-8,11H2,1H3,(H,28,29);2-4H,1H3,(H,10,11)(H,12,13). The van der Waals surface area contributed by atoms with Gasteiger partial charge in [-0.05, 0) is 97.1 Å². The van der Waals surface area contributed by atoms with E-state index >= 15 is 0 Å². The first-order valence-corrected chi connectivity index (χ1v) is 22.5. The number of anilines is 2. The summed E-state index contributed by atoms with van der Waals surface area (Å²) in [6.45, 7) is 9.37. The molecule has 2 saturated heterocycles. The van der Waals surface area contributed by atoms with Gasteiger partial charge >= 0.3 is 36.2 Å². The van der Waals surface area contributed by atoms with Gasteiger partial charge in [-0.15, -0.1) is 0 Å². The molecular weight excluding hydrogens is 971 g/mol. The van der Waals surface area contributed by atoms with Crippen molar-refractivity contribution in [2.24, 2.45) is 0 Å². The number of rotatable bonds is 10. The molecule has 2 fully saturated rings. The predicted molar refractivity (Wildman–Crippen MR) is 255 cm³/mol. The molecule has 0 bridgehead atoms. The van der Waals surface area contributed by atoms with Crippen molar-refractivity contribution in [1.29, 1.82) is 0 Å². The quantitative estimate of drug-likeness (QED) is 0.0942. The molecule has 16 nitrogen and oxygen atoms in total. The normalized spacial score (nSPS) is 14.0. The molecule has 0 spiro atoms. The number of fused-ring (bicyclic) bond motifs is 2. The lowest BCUT2D eigenvalue weighted by atomic mass is 10.0. The number of nitrogens with zero attached hydrogens (tertiary/aromatic N) is 6. The van der Waals surface area contributed by atoms with Gasteiger partial charge in [0.25, 0.3) is 0 Å². The minimum atomic E-state index is -4.43. The molecule has 0 aliphatic carbocycles. The topological polar surface area (TPSA) is 210 Å². The molecule has 4 heterocycles. The Morgan fingerprint density at radius 1 is 0.507 bits per heavy atom. The van der Waals surface area contributed by atoms with E-state index in [0.29, 0.717) is 85.8 Å². The number of hydrogen-bond acceptors (Lipinski definition) is 10. The number of alkyl halides is 6. The summed E-state index contributed by atoms with van der Waals surface area (Å²) in [5, 5.41) is 36.7. The van der Waals surface area contributed by atoms with Crippen molar-refractivity contribution in [3.8, 4) is 0 Å². The van der Waals surface area contributed by atoms with Crippen LogP contribution in [0.15, 0.2) is 91.5 Å². The molecule has 5 aromatic carbocycles. The van der Waals surface area contributed by atoms with Crippen molar-refractivity contribution in [3.05, 3.63) is 153 Å². The van der Waals surface area contributed by atoms with Gasteiger partial charge in [-0.3, -0.25) is 0 Å². The molecule has 9 rings (SSSR count). The van der Waals surface area contributed by atoms with E-state index in [1.807, 2.05) is 21.9 Å². The summed E-state index contributed by atoms with van der Waals surface area (Å²) >= 11 is 0. The number of hydrogen-bond donors (Lipinski definition) is 4. The van der Waals surface area contributed by atoms with Gasteiger partial charge in [-0.1, -0.05) is 30.3 Å². The van der Waals surface area contributed by atoms with Crippen LogP contribution in [-0.4, -0.2) is 116 Å². The van der Waals surface area contributed by atoms with Crippen LogP contribution in [0.2, 0.25) is 0 Å². The first kappa shape index (κ1) is 52.8. The molecule has 0 radical (unpaired) electrons. The number of carbonyl (C=O) groups is 4. The number of aromatic nitrogens is 4.